The van der Waals surface area contributed by atoms with Crippen molar-refractivity contribution >= 4 is 11.6 Å². The van der Waals surface area contributed by atoms with E-state index in [1.165, 1.54) is 5.56 Å². The van der Waals surface area contributed by atoms with Crippen LogP contribution in [0.3, 0.4) is 0 Å². The van der Waals surface area contributed by atoms with Gasteiger partial charge in [-0.1, -0.05) is 30.3 Å². The van der Waals surface area contributed by atoms with Gasteiger partial charge in [-0.15, -0.1) is 11.6 Å². The lowest BCUT2D eigenvalue weighted by molar-refractivity contribution is 0.974. The van der Waals surface area contributed by atoms with E-state index in [0.717, 1.165) is 0 Å². The minimum atomic E-state index is 0.225. The van der Waals surface area contributed by atoms with E-state index in [9.17, 15) is 0 Å². The third-order valence-electron chi connectivity index (χ3n) is 1.46. The maximum absolute atomic E-state index is 5.62. The number of hydrogen-bond donors (Lipinski definition) is 0. The highest BCUT2D eigenvalue weighted by Gasteiger charge is 2.00. The monoisotopic (exact) mass is 153 g/mol. The number of alkyl halides is 1. The van der Waals surface area contributed by atoms with Gasteiger partial charge in [-0.2, -0.15) is 0 Å². The molecule has 0 N–H and O–H groups in total. The third-order valence-corrected chi connectivity index (χ3v) is 1.83. The lowest BCUT2D eigenvalue weighted by atomic mass is 10.0. The van der Waals surface area contributed by atoms with Gasteiger partial charge in [0.25, 0.3) is 0 Å². The summed E-state index contributed by atoms with van der Waals surface area (Å²) in [6.45, 7) is 3.89. The molecule has 0 heterocycles. The first-order valence-corrected chi connectivity index (χ1v) is 3.82. The molecule has 0 fully saturated rings. The van der Waals surface area contributed by atoms with Gasteiger partial charge >= 0.3 is 0 Å². The van der Waals surface area contributed by atoms with Crippen molar-refractivity contribution < 1.29 is 0 Å². The SMILES string of the molecule is [CH2]C(CCl)c1ccccc1. The second-order valence-electron chi connectivity index (χ2n) is 2.26. The van der Waals surface area contributed by atoms with Gasteiger partial charge in [0.05, 0.1) is 0 Å². The van der Waals surface area contributed by atoms with E-state index in [2.05, 4.69) is 6.92 Å². The minimum Gasteiger partial charge on any atom is -0.126 e. The molecule has 0 saturated carbocycles. The smallest absolute Gasteiger partial charge is 0.0292 e. The van der Waals surface area contributed by atoms with Crippen LogP contribution in [0.1, 0.15) is 11.5 Å². The minimum absolute atomic E-state index is 0.225. The van der Waals surface area contributed by atoms with E-state index in [0.29, 0.717) is 5.88 Å². The summed E-state index contributed by atoms with van der Waals surface area (Å²) in [7, 11) is 0. The summed E-state index contributed by atoms with van der Waals surface area (Å²) in [6.07, 6.45) is 0. The molecular formula is C9H10Cl. The van der Waals surface area contributed by atoms with Crippen LogP contribution in [0.2, 0.25) is 0 Å². The molecule has 0 aliphatic heterocycles. The van der Waals surface area contributed by atoms with Crippen molar-refractivity contribution in [2.45, 2.75) is 5.92 Å². The summed E-state index contributed by atoms with van der Waals surface area (Å²) < 4.78 is 0. The first-order chi connectivity index (χ1) is 4.84. The van der Waals surface area contributed by atoms with E-state index < -0.39 is 0 Å². The van der Waals surface area contributed by atoms with Gasteiger partial charge in [-0.3, -0.25) is 0 Å². The fourth-order valence-corrected chi connectivity index (χ4v) is 0.992. The molecule has 1 unspecified atom stereocenters. The number of halogens is 1. The van der Waals surface area contributed by atoms with Gasteiger partial charge < -0.3 is 0 Å². The second-order valence-corrected chi connectivity index (χ2v) is 2.57. The molecule has 0 saturated heterocycles. The molecule has 0 aromatic heterocycles. The first-order valence-electron chi connectivity index (χ1n) is 3.28. The molecule has 1 aromatic carbocycles. The van der Waals surface area contributed by atoms with Gasteiger partial charge in [0.2, 0.25) is 0 Å². The lowest BCUT2D eigenvalue weighted by Crippen LogP contribution is -1.93. The number of hydrogen-bond acceptors (Lipinski definition) is 0. The average molecular weight is 154 g/mol. The molecule has 0 nitrogen and oxygen atoms in total. The van der Waals surface area contributed by atoms with Crippen LogP contribution in [0, 0.1) is 6.92 Å². The third kappa shape index (κ3) is 1.74. The normalized spacial score (nSPS) is 13.0. The van der Waals surface area contributed by atoms with Crippen molar-refractivity contribution in [3.8, 4) is 0 Å². The molecule has 1 aromatic rings. The van der Waals surface area contributed by atoms with Crippen molar-refractivity contribution in [2.24, 2.45) is 0 Å². The molecule has 1 atom stereocenters. The fraction of sp³-hybridized carbons (Fsp3) is 0.222. The van der Waals surface area contributed by atoms with E-state index in [1.807, 2.05) is 30.3 Å². The van der Waals surface area contributed by atoms with Crippen LogP contribution in [0.25, 0.3) is 0 Å². The Morgan fingerprint density at radius 3 is 2.40 bits per heavy atom. The van der Waals surface area contributed by atoms with Gasteiger partial charge in [-0.25, -0.2) is 0 Å². The zero-order valence-corrected chi connectivity index (χ0v) is 6.51. The highest BCUT2D eigenvalue weighted by atomic mass is 35.5. The molecule has 0 bridgehead atoms. The Labute approximate surface area is 66.8 Å². The molecule has 10 heavy (non-hydrogen) atoms. The Kier molecular flexibility index (Phi) is 2.76. The van der Waals surface area contributed by atoms with Gasteiger partial charge in [0.1, 0.15) is 0 Å². The summed E-state index contributed by atoms with van der Waals surface area (Å²) in [5.41, 5.74) is 1.21. The Morgan fingerprint density at radius 2 is 1.90 bits per heavy atom. The van der Waals surface area contributed by atoms with E-state index >= 15 is 0 Å². The topological polar surface area (TPSA) is 0 Å². The average Bonchev–Trinajstić information content (AvgIpc) is 2.05. The van der Waals surface area contributed by atoms with Crippen molar-refractivity contribution in [3.63, 3.8) is 0 Å². The Balaban J connectivity index is 2.75. The summed E-state index contributed by atoms with van der Waals surface area (Å²) in [6, 6.07) is 10.1. The summed E-state index contributed by atoms with van der Waals surface area (Å²) in [5.74, 6) is 0.812. The predicted molar refractivity (Wildman–Crippen MR) is 45.3 cm³/mol. The predicted octanol–water partition coefficient (Wildman–Crippen LogP) is 2.84. The molecule has 0 aliphatic rings. The van der Waals surface area contributed by atoms with Crippen LogP contribution >= 0.6 is 11.6 Å². The molecule has 0 spiro atoms. The zero-order chi connectivity index (χ0) is 7.40. The van der Waals surface area contributed by atoms with Crippen LogP contribution in [-0.4, -0.2) is 5.88 Å². The molecule has 53 valence electrons. The standard InChI is InChI=1S/C9H10Cl/c1-8(7-10)9-5-3-2-4-6-9/h2-6,8H,1,7H2. The Bertz CT molecular complexity index is 181. The zero-order valence-electron chi connectivity index (χ0n) is 5.76. The van der Waals surface area contributed by atoms with Crippen LogP contribution in [0.4, 0.5) is 0 Å². The highest BCUT2D eigenvalue weighted by Crippen LogP contribution is 2.14. The van der Waals surface area contributed by atoms with Crippen LogP contribution in [0.5, 0.6) is 0 Å². The largest absolute Gasteiger partial charge is 0.126 e. The number of benzene rings is 1. The maximum atomic E-state index is 5.62. The van der Waals surface area contributed by atoms with Gasteiger partial charge in [-0.05, 0) is 18.4 Å². The molecule has 1 heteroatoms. The summed E-state index contributed by atoms with van der Waals surface area (Å²) >= 11 is 5.62. The second kappa shape index (κ2) is 3.62. The lowest BCUT2D eigenvalue weighted by Gasteiger charge is -2.05. The molecular weight excluding hydrogens is 144 g/mol. The van der Waals surface area contributed by atoms with Crippen LogP contribution in [-0.2, 0) is 0 Å². The van der Waals surface area contributed by atoms with Crippen molar-refractivity contribution in [1.82, 2.24) is 0 Å². The van der Waals surface area contributed by atoms with E-state index in [-0.39, 0.29) is 5.92 Å². The highest BCUT2D eigenvalue weighted by molar-refractivity contribution is 6.18. The summed E-state index contributed by atoms with van der Waals surface area (Å²) in [4.78, 5) is 0. The maximum Gasteiger partial charge on any atom is 0.0292 e. The fourth-order valence-electron chi connectivity index (χ4n) is 0.814. The van der Waals surface area contributed by atoms with Crippen LogP contribution < -0.4 is 0 Å². The molecule has 0 aliphatic carbocycles. The van der Waals surface area contributed by atoms with E-state index in [1.54, 1.807) is 0 Å². The van der Waals surface area contributed by atoms with Crippen molar-refractivity contribution in [2.75, 3.05) is 5.88 Å². The number of rotatable bonds is 2. The van der Waals surface area contributed by atoms with Gasteiger partial charge in [0, 0.05) is 5.88 Å². The van der Waals surface area contributed by atoms with Crippen LogP contribution in [0.15, 0.2) is 30.3 Å². The van der Waals surface area contributed by atoms with Gasteiger partial charge in [0.15, 0.2) is 0 Å². The molecule has 0 amide bonds. The summed E-state index contributed by atoms with van der Waals surface area (Å²) in [5, 5.41) is 0. The van der Waals surface area contributed by atoms with E-state index in [4.69, 9.17) is 11.6 Å². The van der Waals surface area contributed by atoms with Crippen molar-refractivity contribution in [3.05, 3.63) is 42.8 Å². The molecule has 1 radical (unpaired) electrons. The Morgan fingerprint density at radius 1 is 1.30 bits per heavy atom. The Hall–Kier alpha value is -0.490. The van der Waals surface area contributed by atoms with Crippen molar-refractivity contribution in [1.29, 1.82) is 0 Å². The quantitative estimate of drug-likeness (QED) is 0.574. The molecule has 1 rings (SSSR count). The first kappa shape index (κ1) is 7.62.